The van der Waals surface area contributed by atoms with Crippen LogP contribution in [0.15, 0.2) is 44.5 Å². The predicted octanol–water partition coefficient (Wildman–Crippen LogP) is 2.65. The van der Waals surface area contributed by atoms with Gasteiger partial charge in [-0.1, -0.05) is 11.8 Å². The molecule has 0 radical (unpaired) electrons. The van der Waals surface area contributed by atoms with Crippen molar-refractivity contribution in [1.29, 1.82) is 0 Å². The molecule has 3 heterocycles. The first-order chi connectivity index (χ1) is 9.72. The van der Waals surface area contributed by atoms with Crippen LogP contribution in [0.25, 0.3) is 11.6 Å². The maximum Gasteiger partial charge on any atom is 0.371 e. The molecule has 3 aromatic heterocycles. The third-order valence-corrected chi connectivity index (χ3v) is 3.31. The van der Waals surface area contributed by atoms with Crippen LogP contribution in [0.1, 0.15) is 16.3 Å². The first-order valence-corrected chi connectivity index (χ1v) is 6.62. The van der Waals surface area contributed by atoms with Crippen LogP contribution in [0.2, 0.25) is 0 Å². The highest BCUT2D eigenvalue weighted by atomic mass is 32.2. The molecule has 0 saturated heterocycles. The van der Waals surface area contributed by atoms with Crippen LogP contribution in [0.3, 0.4) is 0 Å². The van der Waals surface area contributed by atoms with Crippen molar-refractivity contribution in [2.24, 2.45) is 0 Å². The SMILES string of the molecule is O=C(O)c1ccc(CSc2n[nH]c(-c3ccco3)n2)o1. The molecule has 0 fully saturated rings. The van der Waals surface area contributed by atoms with Crippen molar-refractivity contribution in [1.82, 2.24) is 15.2 Å². The summed E-state index contributed by atoms with van der Waals surface area (Å²) in [5, 5.41) is 16.1. The molecule has 3 aromatic rings. The van der Waals surface area contributed by atoms with E-state index in [1.54, 1.807) is 24.5 Å². The molecule has 0 amide bonds. The van der Waals surface area contributed by atoms with E-state index in [1.807, 2.05) is 0 Å². The lowest BCUT2D eigenvalue weighted by molar-refractivity contribution is 0.0661. The smallest absolute Gasteiger partial charge is 0.371 e. The molecule has 20 heavy (non-hydrogen) atoms. The molecule has 102 valence electrons. The van der Waals surface area contributed by atoms with E-state index in [2.05, 4.69) is 15.2 Å². The Morgan fingerprint density at radius 3 is 3.00 bits per heavy atom. The highest BCUT2D eigenvalue weighted by Crippen LogP contribution is 2.23. The van der Waals surface area contributed by atoms with Gasteiger partial charge in [-0.05, 0) is 24.3 Å². The molecule has 0 unspecified atom stereocenters. The number of aromatic nitrogens is 3. The van der Waals surface area contributed by atoms with Gasteiger partial charge < -0.3 is 13.9 Å². The number of carboxylic acids is 1. The van der Waals surface area contributed by atoms with E-state index in [0.29, 0.717) is 28.3 Å². The Labute approximate surface area is 117 Å². The minimum absolute atomic E-state index is 0.0770. The molecule has 2 N–H and O–H groups in total. The Balaban J connectivity index is 1.65. The van der Waals surface area contributed by atoms with Gasteiger partial charge in [-0.3, -0.25) is 5.10 Å². The lowest BCUT2D eigenvalue weighted by atomic mass is 10.4. The summed E-state index contributed by atoms with van der Waals surface area (Å²) in [7, 11) is 0. The van der Waals surface area contributed by atoms with E-state index < -0.39 is 5.97 Å². The lowest BCUT2D eigenvalue weighted by Gasteiger charge is -1.92. The summed E-state index contributed by atoms with van der Waals surface area (Å²) in [6.45, 7) is 0. The summed E-state index contributed by atoms with van der Waals surface area (Å²) in [6.07, 6.45) is 1.56. The molecule has 0 aliphatic carbocycles. The third-order valence-electron chi connectivity index (χ3n) is 2.44. The number of nitrogens with one attached hydrogen (secondary N) is 1. The van der Waals surface area contributed by atoms with E-state index >= 15 is 0 Å². The molecule has 0 saturated carbocycles. The fourth-order valence-corrected chi connectivity index (χ4v) is 2.23. The molecule has 0 atom stereocenters. The molecule has 0 aliphatic rings. The van der Waals surface area contributed by atoms with Crippen molar-refractivity contribution < 1.29 is 18.7 Å². The van der Waals surface area contributed by atoms with Gasteiger partial charge in [0.1, 0.15) is 5.76 Å². The molecule has 0 spiro atoms. The molecule has 3 rings (SSSR count). The zero-order valence-corrected chi connectivity index (χ0v) is 10.9. The highest BCUT2D eigenvalue weighted by Gasteiger charge is 2.11. The number of H-pyrrole nitrogens is 1. The highest BCUT2D eigenvalue weighted by molar-refractivity contribution is 7.98. The van der Waals surface area contributed by atoms with E-state index in [-0.39, 0.29) is 5.76 Å². The number of carbonyl (C=O) groups is 1. The fraction of sp³-hybridized carbons (Fsp3) is 0.0833. The summed E-state index contributed by atoms with van der Waals surface area (Å²) in [5.41, 5.74) is 0. The maximum absolute atomic E-state index is 10.7. The van der Waals surface area contributed by atoms with Crippen molar-refractivity contribution in [2.45, 2.75) is 10.9 Å². The van der Waals surface area contributed by atoms with E-state index in [9.17, 15) is 4.79 Å². The van der Waals surface area contributed by atoms with Crippen LogP contribution in [0.5, 0.6) is 0 Å². The number of rotatable bonds is 5. The Kier molecular flexibility index (Phi) is 3.30. The maximum atomic E-state index is 10.7. The molecular weight excluding hydrogens is 282 g/mol. The van der Waals surface area contributed by atoms with Crippen molar-refractivity contribution >= 4 is 17.7 Å². The first-order valence-electron chi connectivity index (χ1n) is 5.63. The third kappa shape index (κ3) is 2.59. The summed E-state index contributed by atoms with van der Waals surface area (Å²) < 4.78 is 10.3. The number of nitrogens with zero attached hydrogens (tertiary/aromatic N) is 2. The van der Waals surface area contributed by atoms with E-state index in [0.717, 1.165) is 0 Å². The molecule has 0 aliphatic heterocycles. The normalized spacial score (nSPS) is 10.8. The Hall–Kier alpha value is -2.48. The van der Waals surface area contributed by atoms with Crippen molar-refractivity contribution in [3.05, 3.63) is 42.0 Å². The first kappa shape index (κ1) is 12.5. The quantitative estimate of drug-likeness (QED) is 0.696. The number of hydrogen-bond donors (Lipinski definition) is 2. The molecule has 7 nitrogen and oxygen atoms in total. The van der Waals surface area contributed by atoms with E-state index in [4.69, 9.17) is 13.9 Å². The Morgan fingerprint density at radius 1 is 1.40 bits per heavy atom. The van der Waals surface area contributed by atoms with Gasteiger partial charge in [0.2, 0.25) is 10.9 Å². The van der Waals surface area contributed by atoms with Gasteiger partial charge in [0.05, 0.1) is 12.0 Å². The van der Waals surface area contributed by atoms with Gasteiger partial charge in [0.25, 0.3) is 0 Å². The number of aromatic amines is 1. The zero-order valence-electron chi connectivity index (χ0n) is 10.1. The number of aromatic carboxylic acids is 1. The van der Waals surface area contributed by atoms with Crippen LogP contribution < -0.4 is 0 Å². The average molecular weight is 291 g/mol. The lowest BCUT2D eigenvalue weighted by Crippen LogP contribution is -1.91. The van der Waals surface area contributed by atoms with Gasteiger partial charge in [-0.2, -0.15) is 4.98 Å². The molecule has 0 aromatic carbocycles. The van der Waals surface area contributed by atoms with Crippen LogP contribution in [-0.2, 0) is 5.75 Å². The summed E-state index contributed by atoms with van der Waals surface area (Å²) in [4.78, 5) is 14.9. The average Bonchev–Trinajstić information content (AvgIpc) is 3.17. The van der Waals surface area contributed by atoms with Gasteiger partial charge >= 0.3 is 5.97 Å². The van der Waals surface area contributed by atoms with Gasteiger partial charge in [-0.15, -0.1) is 5.10 Å². The minimum Gasteiger partial charge on any atom is -0.475 e. The number of furan rings is 2. The largest absolute Gasteiger partial charge is 0.475 e. The summed E-state index contributed by atoms with van der Waals surface area (Å²) >= 11 is 1.33. The van der Waals surface area contributed by atoms with Crippen molar-refractivity contribution in [3.8, 4) is 11.6 Å². The van der Waals surface area contributed by atoms with Crippen molar-refractivity contribution in [2.75, 3.05) is 0 Å². The van der Waals surface area contributed by atoms with Crippen LogP contribution in [-0.4, -0.2) is 26.3 Å². The fourth-order valence-electron chi connectivity index (χ4n) is 1.54. The van der Waals surface area contributed by atoms with Gasteiger partial charge in [0.15, 0.2) is 11.6 Å². The van der Waals surface area contributed by atoms with Crippen LogP contribution in [0, 0.1) is 0 Å². The summed E-state index contributed by atoms with van der Waals surface area (Å²) in [5.74, 6) is 0.990. The number of carboxylic acid groups (broad SMARTS) is 1. The Morgan fingerprint density at radius 2 is 2.30 bits per heavy atom. The second-order valence-electron chi connectivity index (χ2n) is 3.80. The zero-order chi connectivity index (χ0) is 13.9. The predicted molar refractivity (Wildman–Crippen MR) is 69.3 cm³/mol. The molecule has 8 heteroatoms. The topological polar surface area (TPSA) is 105 Å². The van der Waals surface area contributed by atoms with Gasteiger partial charge in [-0.25, -0.2) is 4.79 Å². The van der Waals surface area contributed by atoms with Crippen molar-refractivity contribution in [3.63, 3.8) is 0 Å². The van der Waals surface area contributed by atoms with E-state index in [1.165, 1.54) is 17.8 Å². The summed E-state index contributed by atoms with van der Waals surface area (Å²) in [6, 6.07) is 6.59. The minimum atomic E-state index is -1.08. The van der Waals surface area contributed by atoms with Gasteiger partial charge in [0, 0.05) is 0 Å². The standard InChI is InChI=1S/C12H9N3O4S/c16-11(17)9-4-3-7(19-9)6-20-12-13-10(14-15-12)8-2-1-5-18-8/h1-5H,6H2,(H,16,17)(H,13,14,15). The second-order valence-corrected chi connectivity index (χ2v) is 4.75. The van der Waals surface area contributed by atoms with Crippen LogP contribution in [0.4, 0.5) is 0 Å². The molecule has 0 bridgehead atoms. The monoisotopic (exact) mass is 291 g/mol. The number of hydrogen-bond acceptors (Lipinski definition) is 6. The van der Waals surface area contributed by atoms with Crippen LogP contribution >= 0.6 is 11.8 Å². The molecular formula is C12H9N3O4S. The number of thioether (sulfide) groups is 1. The Bertz CT molecular complexity index is 717. The second kappa shape index (κ2) is 5.25.